The van der Waals surface area contributed by atoms with E-state index in [0.29, 0.717) is 47.2 Å². The number of aliphatic hydroxyl groups excluding tert-OH is 1. The molecular weight excluding hydrogens is 953 g/mol. The number of nitrogens with zero attached hydrogens (tertiary/aromatic N) is 4. The van der Waals surface area contributed by atoms with E-state index in [4.69, 9.17) is 33.3 Å². The third kappa shape index (κ3) is 11.6. The number of carbonyl (C=O) groups excluding carboxylic acids is 4. The van der Waals surface area contributed by atoms with E-state index in [1.54, 1.807) is 74.7 Å². The van der Waals surface area contributed by atoms with E-state index in [1.165, 1.54) is 20.8 Å². The molecule has 0 aliphatic carbocycles. The highest BCUT2D eigenvalue weighted by molar-refractivity contribution is 7.81. The number of likely N-dealkylation sites (tertiary alicyclic amines) is 1. The molecule has 3 heterocycles. The van der Waals surface area contributed by atoms with Crippen molar-refractivity contribution in [2.24, 2.45) is 5.41 Å². The van der Waals surface area contributed by atoms with Crippen LogP contribution in [-0.2, 0) is 30.5 Å². The Hall–Kier alpha value is -5.98. The Kier molecular flexibility index (Phi) is 16.3. The Labute approximate surface area is 422 Å². The van der Waals surface area contributed by atoms with E-state index < -0.39 is 46.8 Å². The van der Waals surface area contributed by atoms with Gasteiger partial charge in [0.25, 0.3) is 5.91 Å². The van der Waals surface area contributed by atoms with Gasteiger partial charge in [0.05, 0.1) is 50.9 Å². The van der Waals surface area contributed by atoms with E-state index in [-0.39, 0.29) is 55.3 Å². The van der Waals surface area contributed by atoms with Crippen LogP contribution in [0.1, 0.15) is 65.1 Å². The predicted octanol–water partition coefficient (Wildman–Crippen LogP) is 8.52. The molecule has 0 spiro atoms. The molecule has 14 nitrogen and oxygen atoms in total. The molecule has 2 aliphatic heterocycles. The third-order valence-corrected chi connectivity index (χ3v) is 14.1. The standard InChI is InChI=1S/C52H59ClFN7O7S2/c1-31-45(70-30-57-31)34-12-10-32(11-13-34)27-56-47(64)43-26-37(62)28-59(43)48(65)46(51(2,3)4)58-44(63)29-67-22-8-9-23-68-38-18-14-33(15-19-38)35-16-21-42(40(54)24-35)61-50(69)60(49(66)52(61,5)6)36-17-20-41(55-7)39(53)25-36/h10-21,24-25,30,37,43,46,55,62H,8-9,22-23,26-29H2,1-7H3,(H,56,64)(H,58,63)/t37-,43+,46-/m1/s1. The molecule has 18 heteroatoms. The van der Waals surface area contributed by atoms with Crippen LogP contribution < -0.4 is 30.5 Å². The van der Waals surface area contributed by atoms with Gasteiger partial charge in [0.2, 0.25) is 17.7 Å². The molecule has 4 amide bonds. The van der Waals surface area contributed by atoms with Crippen LogP contribution in [0.15, 0.2) is 90.4 Å². The topological polar surface area (TPSA) is 166 Å². The fraction of sp³-hybridized carbons (Fsp3) is 0.385. The Bertz CT molecular complexity index is 2730. The van der Waals surface area contributed by atoms with Gasteiger partial charge in [-0.15, -0.1) is 11.3 Å². The average Bonchev–Trinajstić information content (AvgIpc) is 3.99. The van der Waals surface area contributed by atoms with E-state index >= 15 is 4.39 Å². The van der Waals surface area contributed by atoms with Crippen molar-refractivity contribution < 1.29 is 38.1 Å². The number of anilines is 3. The maximum Gasteiger partial charge on any atom is 0.259 e. The fourth-order valence-corrected chi connectivity index (χ4v) is 10.1. The van der Waals surface area contributed by atoms with Crippen molar-refractivity contribution in [2.75, 3.05) is 48.5 Å². The van der Waals surface area contributed by atoms with Crippen molar-refractivity contribution in [1.82, 2.24) is 20.5 Å². The van der Waals surface area contributed by atoms with Crippen LogP contribution in [0.5, 0.6) is 5.75 Å². The number of unbranched alkanes of at least 4 members (excludes halogenated alkanes) is 1. The molecule has 0 bridgehead atoms. The third-order valence-electron chi connectivity index (χ3n) is 12.4. The van der Waals surface area contributed by atoms with E-state index in [1.807, 2.05) is 69.6 Å². The summed E-state index contributed by atoms with van der Waals surface area (Å²) in [5, 5.41) is 19.9. The molecule has 7 rings (SSSR count). The summed E-state index contributed by atoms with van der Waals surface area (Å²) in [7, 11) is 1.75. The Balaban J connectivity index is 0.842. The summed E-state index contributed by atoms with van der Waals surface area (Å²) < 4.78 is 27.5. The lowest BCUT2D eigenvalue weighted by molar-refractivity contribution is -0.144. The molecule has 3 atom stereocenters. The molecule has 0 saturated carbocycles. The lowest BCUT2D eigenvalue weighted by Crippen LogP contribution is -2.58. The van der Waals surface area contributed by atoms with Gasteiger partial charge in [-0.05, 0) is 116 Å². The first-order valence-electron chi connectivity index (χ1n) is 23.1. The number of thiazole rings is 1. The smallest absolute Gasteiger partial charge is 0.259 e. The molecule has 370 valence electrons. The minimum atomic E-state index is -1.17. The summed E-state index contributed by atoms with van der Waals surface area (Å²) in [6.45, 7) is 11.5. The highest BCUT2D eigenvalue weighted by atomic mass is 35.5. The molecule has 5 aromatic rings. The second kappa shape index (κ2) is 22.0. The summed E-state index contributed by atoms with van der Waals surface area (Å²) in [6.07, 6.45) is 0.450. The van der Waals surface area contributed by atoms with Gasteiger partial charge >= 0.3 is 0 Å². The van der Waals surface area contributed by atoms with Crippen LogP contribution in [0.3, 0.4) is 0 Å². The zero-order valence-corrected chi connectivity index (χ0v) is 42.7. The minimum absolute atomic E-state index is 0.0255. The van der Waals surface area contributed by atoms with Gasteiger partial charge < -0.3 is 40.3 Å². The van der Waals surface area contributed by atoms with Crippen molar-refractivity contribution in [3.63, 3.8) is 0 Å². The quantitative estimate of drug-likeness (QED) is 0.0491. The van der Waals surface area contributed by atoms with Gasteiger partial charge in [-0.2, -0.15) is 0 Å². The molecule has 1 aromatic heterocycles. The van der Waals surface area contributed by atoms with E-state index in [2.05, 4.69) is 20.9 Å². The predicted molar refractivity (Wildman–Crippen MR) is 277 cm³/mol. The van der Waals surface area contributed by atoms with Gasteiger partial charge in [-0.3, -0.25) is 24.1 Å². The van der Waals surface area contributed by atoms with Crippen LogP contribution in [0.2, 0.25) is 5.02 Å². The SMILES string of the molecule is CNc1ccc(N2C(=O)C(C)(C)N(c3ccc(-c4ccc(OCCCCOCC(=O)N[C@H](C(=O)N5C[C@H](O)C[C@H]5C(=O)NCc5ccc(-c6scnc6C)cc5)C(C)(C)C)cc4)cc3F)C2=S)cc1Cl. The van der Waals surface area contributed by atoms with Gasteiger partial charge in [0, 0.05) is 33.2 Å². The molecule has 2 aliphatic rings. The molecule has 2 saturated heterocycles. The van der Waals surface area contributed by atoms with Crippen molar-refractivity contribution in [3.8, 4) is 27.3 Å². The number of β-amino-alcohol motifs (C(OH)–C–C–N with tert-alkyl or cyclic N) is 1. The molecule has 70 heavy (non-hydrogen) atoms. The number of nitrogens with one attached hydrogen (secondary N) is 3. The molecular formula is C52H59ClFN7O7S2. The molecule has 0 radical (unpaired) electrons. The van der Waals surface area contributed by atoms with Crippen LogP contribution in [0.4, 0.5) is 21.5 Å². The van der Waals surface area contributed by atoms with Crippen LogP contribution in [0, 0.1) is 18.2 Å². The first kappa shape index (κ1) is 51.9. The number of aliphatic hydroxyl groups is 1. The van der Waals surface area contributed by atoms with E-state index in [0.717, 1.165) is 27.3 Å². The largest absolute Gasteiger partial charge is 0.494 e. The highest BCUT2D eigenvalue weighted by Gasteiger charge is 2.51. The number of thiocarbonyl (C=S) groups is 1. The number of benzene rings is 4. The van der Waals surface area contributed by atoms with Gasteiger partial charge in [0.1, 0.15) is 35.8 Å². The second-order valence-electron chi connectivity index (χ2n) is 19.0. The van der Waals surface area contributed by atoms with Crippen molar-refractivity contribution >= 4 is 81.0 Å². The number of hydrogen-bond donors (Lipinski definition) is 4. The van der Waals surface area contributed by atoms with Crippen molar-refractivity contribution in [2.45, 2.75) is 91.1 Å². The molecule has 2 fully saturated rings. The van der Waals surface area contributed by atoms with Crippen LogP contribution in [-0.4, -0.2) is 101 Å². The minimum Gasteiger partial charge on any atom is -0.494 e. The zero-order chi connectivity index (χ0) is 50.5. The average molecular weight is 1010 g/mol. The normalized spacial score (nSPS) is 17.2. The summed E-state index contributed by atoms with van der Waals surface area (Å²) >= 11 is 13.7. The first-order chi connectivity index (χ1) is 33.3. The molecule has 4 N–H and O–H groups in total. The summed E-state index contributed by atoms with van der Waals surface area (Å²) in [5.41, 5.74) is 5.57. The monoisotopic (exact) mass is 1010 g/mol. The zero-order valence-electron chi connectivity index (χ0n) is 40.3. The summed E-state index contributed by atoms with van der Waals surface area (Å²) in [4.78, 5) is 63.9. The number of ether oxygens (including phenoxy) is 2. The Morgan fingerprint density at radius 1 is 0.986 bits per heavy atom. The molecule has 0 unspecified atom stereocenters. The Morgan fingerprint density at radius 3 is 2.31 bits per heavy atom. The highest BCUT2D eigenvalue weighted by Crippen LogP contribution is 2.40. The Morgan fingerprint density at radius 2 is 1.67 bits per heavy atom. The second-order valence-corrected chi connectivity index (χ2v) is 20.6. The fourth-order valence-electron chi connectivity index (χ4n) is 8.53. The maximum atomic E-state index is 15.9. The van der Waals surface area contributed by atoms with E-state index in [9.17, 15) is 24.3 Å². The van der Waals surface area contributed by atoms with Crippen molar-refractivity contribution in [1.29, 1.82) is 0 Å². The van der Waals surface area contributed by atoms with Crippen molar-refractivity contribution in [3.05, 3.63) is 113 Å². The number of aromatic nitrogens is 1. The van der Waals surface area contributed by atoms with Crippen LogP contribution >= 0.6 is 35.2 Å². The summed E-state index contributed by atoms with van der Waals surface area (Å²) in [5.74, 6) is -1.52. The number of carbonyl (C=O) groups is 4. The van der Waals surface area contributed by atoms with Gasteiger partial charge in [0.15, 0.2) is 5.11 Å². The molecule has 4 aromatic carbocycles. The number of halogens is 2. The van der Waals surface area contributed by atoms with Crippen LogP contribution in [0.25, 0.3) is 21.6 Å². The summed E-state index contributed by atoms with van der Waals surface area (Å²) in [6, 6.07) is 23.2. The van der Waals surface area contributed by atoms with Gasteiger partial charge in [-0.1, -0.05) is 74.8 Å². The number of rotatable bonds is 18. The lowest BCUT2D eigenvalue weighted by Gasteiger charge is -2.35. The first-order valence-corrected chi connectivity index (χ1v) is 24.8. The lowest BCUT2D eigenvalue weighted by atomic mass is 9.85. The van der Waals surface area contributed by atoms with Gasteiger partial charge in [-0.25, -0.2) is 9.37 Å². The number of hydrogen-bond acceptors (Lipinski definition) is 11. The number of aryl methyl sites for hydroxylation is 1. The maximum absolute atomic E-state index is 15.9. The number of amides is 4.